The molecule has 1 heterocycles. The summed E-state index contributed by atoms with van der Waals surface area (Å²) < 4.78 is 25.8. The molecule has 1 amide bonds. The van der Waals surface area contributed by atoms with Crippen LogP contribution in [-0.2, 0) is 11.6 Å². The average molecular weight is 428 g/mol. The van der Waals surface area contributed by atoms with Crippen LogP contribution in [-0.4, -0.2) is 29.9 Å². The van der Waals surface area contributed by atoms with Crippen LogP contribution in [0.25, 0.3) is 10.9 Å². The van der Waals surface area contributed by atoms with E-state index in [1.807, 2.05) is 6.07 Å². The van der Waals surface area contributed by atoms with E-state index >= 15 is 0 Å². The number of hydrogen-bond donors (Lipinski definition) is 1. The molecule has 0 fully saturated rings. The molecule has 7 nitrogen and oxygen atoms in total. The van der Waals surface area contributed by atoms with E-state index < -0.39 is 18.8 Å². The lowest BCUT2D eigenvalue weighted by Gasteiger charge is -2.21. The van der Waals surface area contributed by atoms with E-state index in [1.54, 1.807) is 63.4 Å². The first-order valence-corrected chi connectivity index (χ1v) is 11.7. The number of carbonyl (C=O) groups is 1. The van der Waals surface area contributed by atoms with Gasteiger partial charge in [-0.25, -0.2) is 0 Å². The summed E-state index contributed by atoms with van der Waals surface area (Å²) >= 11 is 0. The van der Waals surface area contributed by atoms with E-state index in [9.17, 15) is 14.2 Å². The molecule has 0 aliphatic rings. The number of pyridine rings is 1. The molecule has 3 aromatic rings. The molecule has 158 valence electrons. The number of methoxy groups -OCH3 is 1. The predicted molar refractivity (Wildman–Crippen MR) is 119 cm³/mol. The summed E-state index contributed by atoms with van der Waals surface area (Å²) in [6.45, 7) is 3.52. The van der Waals surface area contributed by atoms with Gasteiger partial charge in [-0.1, -0.05) is 32.0 Å². The largest absolute Gasteiger partial charge is 0.497 e. The summed E-state index contributed by atoms with van der Waals surface area (Å²) in [5, 5.41) is 3.21. The second-order valence-electron chi connectivity index (χ2n) is 6.81. The Labute approximate surface area is 175 Å². The highest BCUT2D eigenvalue weighted by molar-refractivity contribution is 7.59. The number of nitrogens with one attached hydrogen (secondary N) is 1. The normalized spacial score (nSPS) is 11.3. The standard InChI is InChI=1S/C22H25N2O5P/c1-5-30(27,6-2)29-20-17-14-16(28-4)12-13-18(17)24(3)22(26)19(20)21(25)23-15-10-8-7-9-11-15/h7-14H,5-6H2,1-4H3,(H,23,25). The molecule has 0 bridgehead atoms. The number of amides is 1. The van der Waals surface area contributed by atoms with Gasteiger partial charge in [-0.15, -0.1) is 0 Å². The highest BCUT2D eigenvalue weighted by Crippen LogP contribution is 2.48. The fourth-order valence-corrected chi connectivity index (χ4v) is 4.38. The number of para-hydroxylation sites is 1. The van der Waals surface area contributed by atoms with Crippen LogP contribution in [0.3, 0.4) is 0 Å². The van der Waals surface area contributed by atoms with Crippen LogP contribution in [0.15, 0.2) is 53.3 Å². The summed E-state index contributed by atoms with van der Waals surface area (Å²) in [4.78, 5) is 26.3. The molecule has 0 saturated carbocycles. The van der Waals surface area contributed by atoms with Crippen molar-refractivity contribution in [1.29, 1.82) is 0 Å². The molecule has 0 saturated heterocycles. The zero-order chi connectivity index (χ0) is 21.9. The van der Waals surface area contributed by atoms with Crippen LogP contribution in [0.1, 0.15) is 24.2 Å². The number of nitrogens with zero attached hydrogens (tertiary/aromatic N) is 1. The number of rotatable bonds is 7. The number of aromatic nitrogens is 1. The first kappa shape index (κ1) is 21.7. The Morgan fingerprint density at radius 1 is 1.10 bits per heavy atom. The van der Waals surface area contributed by atoms with Gasteiger partial charge in [0.25, 0.3) is 11.5 Å². The maximum absolute atomic E-state index is 13.2. The van der Waals surface area contributed by atoms with Crippen molar-refractivity contribution >= 4 is 29.9 Å². The molecule has 1 aromatic heterocycles. The summed E-state index contributed by atoms with van der Waals surface area (Å²) in [6, 6.07) is 13.9. The Morgan fingerprint density at radius 3 is 2.37 bits per heavy atom. The Hall–Kier alpha value is -3.05. The van der Waals surface area contributed by atoms with Gasteiger partial charge in [-0.05, 0) is 30.3 Å². The number of ether oxygens (including phenoxy) is 1. The first-order valence-electron chi connectivity index (χ1n) is 9.68. The van der Waals surface area contributed by atoms with Crippen LogP contribution in [0.4, 0.5) is 5.69 Å². The Bertz CT molecular complexity index is 1180. The van der Waals surface area contributed by atoms with Gasteiger partial charge >= 0.3 is 0 Å². The molecular weight excluding hydrogens is 403 g/mol. The number of hydrogen-bond acceptors (Lipinski definition) is 5. The van der Waals surface area contributed by atoms with Gasteiger partial charge in [0, 0.05) is 30.4 Å². The second kappa shape index (κ2) is 8.76. The third kappa shape index (κ3) is 4.12. The zero-order valence-electron chi connectivity index (χ0n) is 17.5. The lowest BCUT2D eigenvalue weighted by atomic mass is 10.1. The Morgan fingerprint density at radius 2 is 1.77 bits per heavy atom. The summed E-state index contributed by atoms with van der Waals surface area (Å²) in [7, 11) is 0.0223. The number of carbonyl (C=O) groups excluding carboxylic acids is 1. The second-order valence-corrected chi connectivity index (χ2v) is 9.89. The highest BCUT2D eigenvalue weighted by Gasteiger charge is 2.29. The minimum atomic E-state index is -3.08. The maximum Gasteiger partial charge on any atom is 0.267 e. The molecule has 0 aliphatic carbocycles. The molecule has 0 atom stereocenters. The third-order valence-corrected chi connectivity index (χ3v) is 7.48. The van der Waals surface area contributed by atoms with E-state index in [2.05, 4.69) is 5.32 Å². The van der Waals surface area contributed by atoms with Crippen LogP contribution in [0.2, 0.25) is 0 Å². The molecule has 8 heteroatoms. The maximum atomic E-state index is 13.2. The monoisotopic (exact) mass is 428 g/mol. The van der Waals surface area contributed by atoms with Crippen molar-refractivity contribution < 1.29 is 18.6 Å². The van der Waals surface area contributed by atoms with E-state index in [0.717, 1.165) is 0 Å². The van der Waals surface area contributed by atoms with Crippen molar-refractivity contribution in [2.24, 2.45) is 7.05 Å². The van der Waals surface area contributed by atoms with Gasteiger partial charge < -0.3 is 19.1 Å². The van der Waals surface area contributed by atoms with Crippen molar-refractivity contribution in [2.45, 2.75) is 13.8 Å². The smallest absolute Gasteiger partial charge is 0.267 e. The lowest BCUT2D eigenvalue weighted by molar-refractivity contribution is 0.102. The molecule has 3 rings (SSSR count). The number of benzene rings is 2. The third-order valence-electron chi connectivity index (χ3n) is 5.04. The van der Waals surface area contributed by atoms with Gasteiger partial charge in [-0.2, -0.15) is 0 Å². The molecule has 2 aromatic carbocycles. The highest BCUT2D eigenvalue weighted by atomic mass is 31.2. The van der Waals surface area contributed by atoms with Crippen LogP contribution in [0, 0.1) is 0 Å². The lowest BCUT2D eigenvalue weighted by Crippen LogP contribution is -2.29. The van der Waals surface area contributed by atoms with E-state index in [-0.39, 0.29) is 23.6 Å². The minimum absolute atomic E-state index is 0.0208. The van der Waals surface area contributed by atoms with Crippen molar-refractivity contribution in [1.82, 2.24) is 4.57 Å². The molecule has 0 unspecified atom stereocenters. The first-order chi connectivity index (χ1) is 14.3. The molecular formula is C22H25N2O5P. The van der Waals surface area contributed by atoms with Crippen molar-refractivity contribution in [3.63, 3.8) is 0 Å². The van der Waals surface area contributed by atoms with Gasteiger partial charge in [0.15, 0.2) is 5.75 Å². The number of anilines is 1. The summed E-state index contributed by atoms with van der Waals surface area (Å²) in [6.07, 6.45) is 0.563. The molecule has 0 spiro atoms. The summed E-state index contributed by atoms with van der Waals surface area (Å²) in [5.74, 6) is -0.0732. The molecule has 0 aliphatic heterocycles. The average Bonchev–Trinajstić information content (AvgIpc) is 2.77. The fraction of sp³-hybridized carbons (Fsp3) is 0.273. The van der Waals surface area contributed by atoms with Crippen LogP contribution >= 0.6 is 7.37 Å². The van der Waals surface area contributed by atoms with Crippen LogP contribution < -0.4 is 20.1 Å². The van der Waals surface area contributed by atoms with E-state index in [0.29, 0.717) is 22.3 Å². The van der Waals surface area contributed by atoms with Crippen molar-refractivity contribution in [2.75, 3.05) is 24.8 Å². The van der Waals surface area contributed by atoms with Gasteiger partial charge in [-0.3, -0.25) is 14.2 Å². The summed E-state index contributed by atoms with van der Waals surface area (Å²) in [5.41, 5.74) is 0.361. The zero-order valence-corrected chi connectivity index (χ0v) is 18.4. The van der Waals surface area contributed by atoms with Gasteiger partial charge in [0.05, 0.1) is 12.6 Å². The van der Waals surface area contributed by atoms with Gasteiger partial charge in [0.1, 0.15) is 11.3 Å². The van der Waals surface area contributed by atoms with Crippen LogP contribution in [0.5, 0.6) is 11.5 Å². The molecule has 1 N–H and O–H groups in total. The van der Waals surface area contributed by atoms with E-state index in [4.69, 9.17) is 9.26 Å². The molecule has 30 heavy (non-hydrogen) atoms. The predicted octanol–water partition coefficient (Wildman–Crippen LogP) is 4.50. The Kier molecular flexibility index (Phi) is 6.32. The topological polar surface area (TPSA) is 86.6 Å². The number of aryl methyl sites for hydroxylation is 1. The SMILES string of the molecule is CCP(=O)(CC)Oc1c(C(=O)Nc2ccccc2)c(=O)n(C)c2ccc(OC)cc12. The van der Waals surface area contributed by atoms with Crippen molar-refractivity contribution in [3.8, 4) is 11.5 Å². The molecule has 0 radical (unpaired) electrons. The fourth-order valence-electron chi connectivity index (χ4n) is 3.15. The van der Waals surface area contributed by atoms with E-state index in [1.165, 1.54) is 11.7 Å². The minimum Gasteiger partial charge on any atom is -0.497 e. The quantitative estimate of drug-likeness (QED) is 0.560. The Balaban J connectivity index is 2.29. The van der Waals surface area contributed by atoms with Crippen molar-refractivity contribution in [3.05, 3.63) is 64.4 Å². The van der Waals surface area contributed by atoms with Gasteiger partial charge in [0.2, 0.25) is 7.37 Å². The number of fused-ring (bicyclic) bond motifs is 1.